The van der Waals surface area contributed by atoms with Crippen LogP contribution in [-0.4, -0.2) is 16.6 Å². The molecule has 2 aromatic carbocycles. The Labute approximate surface area is 184 Å². The number of nitrogens with two attached hydrogens (primary N) is 2. The van der Waals surface area contributed by atoms with Crippen LogP contribution in [0.4, 0.5) is 5.69 Å². The molecule has 4 rings (SSSR count). The number of phenolic OH excluding ortho intramolecular Hbond substituents is 1. The van der Waals surface area contributed by atoms with Gasteiger partial charge >= 0.3 is 0 Å². The third-order valence-electron chi connectivity index (χ3n) is 8.09. The van der Waals surface area contributed by atoms with Gasteiger partial charge in [0.1, 0.15) is 11.5 Å². The molecular formula is C26H34N2O3. The molecule has 1 amide bonds. The number of fused-ring (bicyclic) bond motifs is 1. The molecule has 1 aliphatic carbocycles. The summed E-state index contributed by atoms with van der Waals surface area (Å²) in [6.45, 7) is 7.58. The van der Waals surface area contributed by atoms with E-state index in [1.807, 2.05) is 39.8 Å². The second kappa shape index (κ2) is 7.47. The van der Waals surface area contributed by atoms with E-state index in [1.54, 1.807) is 0 Å². The molecule has 2 aliphatic rings. The zero-order chi connectivity index (χ0) is 22.6. The van der Waals surface area contributed by atoms with Crippen LogP contribution >= 0.6 is 0 Å². The van der Waals surface area contributed by atoms with Gasteiger partial charge in [0.25, 0.3) is 5.91 Å². The van der Waals surface area contributed by atoms with Crippen molar-refractivity contribution in [2.75, 3.05) is 5.73 Å². The van der Waals surface area contributed by atoms with E-state index in [4.69, 9.17) is 16.2 Å². The Balaban J connectivity index is 1.80. The molecule has 5 N–H and O–H groups in total. The Bertz CT molecular complexity index is 1020. The molecule has 0 radical (unpaired) electrons. The first-order chi connectivity index (χ1) is 14.6. The summed E-state index contributed by atoms with van der Waals surface area (Å²) in [5, 5.41) is 10.6. The molecule has 1 fully saturated rings. The Kier molecular flexibility index (Phi) is 5.19. The number of primary amides is 1. The maximum atomic E-state index is 12.7. The van der Waals surface area contributed by atoms with Crippen LogP contribution in [0.15, 0.2) is 24.3 Å². The molecule has 1 saturated carbocycles. The minimum absolute atomic E-state index is 0.0222. The number of anilines is 1. The number of rotatable bonds is 4. The van der Waals surface area contributed by atoms with E-state index < -0.39 is 11.5 Å². The smallest absolute Gasteiger partial charge is 0.261 e. The highest BCUT2D eigenvalue weighted by molar-refractivity contribution is 5.84. The topological polar surface area (TPSA) is 98.6 Å². The van der Waals surface area contributed by atoms with Crippen LogP contribution in [0.1, 0.15) is 66.8 Å². The number of ether oxygens (including phenoxy) is 1. The molecule has 2 unspecified atom stereocenters. The van der Waals surface area contributed by atoms with E-state index in [0.717, 1.165) is 47.2 Å². The summed E-state index contributed by atoms with van der Waals surface area (Å²) in [5.74, 6) is 0.499. The minimum Gasteiger partial charge on any atom is -0.507 e. The maximum absolute atomic E-state index is 12.7. The van der Waals surface area contributed by atoms with E-state index >= 15 is 0 Å². The van der Waals surface area contributed by atoms with E-state index in [-0.39, 0.29) is 11.3 Å². The molecule has 31 heavy (non-hydrogen) atoms. The number of aromatic hydroxyl groups is 1. The summed E-state index contributed by atoms with van der Waals surface area (Å²) in [6.07, 6.45) is 5.95. The van der Waals surface area contributed by atoms with Crippen molar-refractivity contribution in [1.82, 2.24) is 0 Å². The van der Waals surface area contributed by atoms with Gasteiger partial charge in [0, 0.05) is 17.2 Å². The molecule has 5 nitrogen and oxygen atoms in total. The highest BCUT2D eigenvalue weighted by atomic mass is 16.5. The van der Waals surface area contributed by atoms with E-state index in [2.05, 4.69) is 12.1 Å². The van der Waals surface area contributed by atoms with Crippen LogP contribution in [0.25, 0.3) is 0 Å². The summed E-state index contributed by atoms with van der Waals surface area (Å²) >= 11 is 0. The fraction of sp³-hybridized carbons (Fsp3) is 0.500. The highest BCUT2D eigenvalue weighted by Crippen LogP contribution is 2.52. The SMILES string of the molecule is Cc1c(C)c2c(c(C)c1O)CC(CC1(c3ccc(N)cc3)CCCC1)C(C)(C(N)=O)O2. The Hall–Kier alpha value is -2.69. The number of benzene rings is 2. The lowest BCUT2D eigenvalue weighted by molar-refractivity contribution is -0.139. The van der Waals surface area contributed by atoms with Crippen molar-refractivity contribution >= 4 is 11.6 Å². The fourth-order valence-electron chi connectivity index (χ4n) is 5.78. The minimum atomic E-state index is -1.10. The molecule has 0 spiro atoms. The van der Waals surface area contributed by atoms with Crippen molar-refractivity contribution in [2.45, 2.75) is 77.2 Å². The zero-order valence-electron chi connectivity index (χ0n) is 19.0. The van der Waals surface area contributed by atoms with Crippen molar-refractivity contribution < 1.29 is 14.6 Å². The van der Waals surface area contributed by atoms with Crippen molar-refractivity contribution in [2.24, 2.45) is 11.7 Å². The molecule has 0 saturated heterocycles. The van der Waals surface area contributed by atoms with Crippen molar-refractivity contribution in [3.8, 4) is 11.5 Å². The van der Waals surface area contributed by atoms with E-state index in [1.165, 1.54) is 18.4 Å². The molecule has 2 atom stereocenters. The number of amides is 1. The Morgan fingerprint density at radius 3 is 2.29 bits per heavy atom. The summed E-state index contributed by atoms with van der Waals surface area (Å²) in [5.41, 5.74) is 16.3. The molecule has 2 aromatic rings. The van der Waals surface area contributed by atoms with Crippen LogP contribution in [-0.2, 0) is 16.6 Å². The molecular weight excluding hydrogens is 388 g/mol. The van der Waals surface area contributed by atoms with Crippen LogP contribution in [0.2, 0.25) is 0 Å². The summed E-state index contributed by atoms with van der Waals surface area (Å²) < 4.78 is 6.45. The van der Waals surface area contributed by atoms with Gasteiger partial charge in [-0.15, -0.1) is 0 Å². The van der Waals surface area contributed by atoms with Crippen LogP contribution in [0.5, 0.6) is 11.5 Å². The lowest BCUT2D eigenvalue weighted by Gasteiger charge is -2.45. The van der Waals surface area contributed by atoms with Gasteiger partial charge in [0.15, 0.2) is 5.60 Å². The number of nitrogen functional groups attached to an aromatic ring is 1. The molecule has 1 heterocycles. The summed E-state index contributed by atoms with van der Waals surface area (Å²) in [7, 11) is 0. The normalized spacial score (nSPS) is 24.5. The van der Waals surface area contributed by atoms with Crippen LogP contribution in [0, 0.1) is 26.7 Å². The van der Waals surface area contributed by atoms with E-state index in [0.29, 0.717) is 17.9 Å². The first-order valence-electron chi connectivity index (χ1n) is 11.3. The average Bonchev–Trinajstić information content (AvgIpc) is 3.22. The quantitative estimate of drug-likeness (QED) is 0.627. The predicted molar refractivity (Wildman–Crippen MR) is 123 cm³/mol. The van der Waals surface area contributed by atoms with Gasteiger partial charge in [-0.1, -0.05) is 25.0 Å². The van der Waals surface area contributed by atoms with Crippen LogP contribution in [0.3, 0.4) is 0 Å². The van der Waals surface area contributed by atoms with Gasteiger partial charge in [0.2, 0.25) is 0 Å². The number of carbonyl (C=O) groups excluding carboxylic acids is 1. The van der Waals surface area contributed by atoms with E-state index in [9.17, 15) is 9.90 Å². The number of carbonyl (C=O) groups is 1. The average molecular weight is 423 g/mol. The van der Waals surface area contributed by atoms with Gasteiger partial charge in [0.05, 0.1) is 0 Å². The number of hydrogen-bond acceptors (Lipinski definition) is 4. The third-order valence-corrected chi connectivity index (χ3v) is 8.09. The van der Waals surface area contributed by atoms with Gasteiger partial charge < -0.3 is 21.3 Å². The van der Waals surface area contributed by atoms with Crippen molar-refractivity contribution in [3.05, 3.63) is 52.1 Å². The molecule has 0 bridgehead atoms. The zero-order valence-corrected chi connectivity index (χ0v) is 19.0. The van der Waals surface area contributed by atoms with Gasteiger partial charge in [-0.05, 0) is 93.2 Å². The molecule has 5 heteroatoms. The van der Waals surface area contributed by atoms with Gasteiger partial charge in [-0.2, -0.15) is 0 Å². The first-order valence-corrected chi connectivity index (χ1v) is 11.3. The standard InChI is InChI=1S/C26H34N2O3/c1-15-16(2)23-21(17(3)22(15)29)13-19(25(4,31-23)24(28)30)14-26(11-5-6-12-26)18-7-9-20(27)10-8-18/h7-10,19,29H,5-6,11-14,27H2,1-4H3,(H2,28,30). The molecule has 1 aliphatic heterocycles. The third kappa shape index (κ3) is 3.35. The maximum Gasteiger partial charge on any atom is 0.261 e. The Morgan fingerprint density at radius 1 is 1.10 bits per heavy atom. The first kappa shape index (κ1) is 21.5. The number of hydrogen-bond donors (Lipinski definition) is 3. The monoisotopic (exact) mass is 422 g/mol. The van der Waals surface area contributed by atoms with Gasteiger partial charge in [-0.25, -0.2) is 0 Å². The summed E-state index contributed by atoms with van der Waals surface area (Å²) in [6, 6.07) is 8.18. The second-order valence-electron chi connectivity index (χ2n) is 9.82. The lowest BCUT2D eigenvalue weighted by atomic mass is 9.66. The summed E-state index contributed by atoms with van der Waals surface area (Å²) in [4.78, 5) is 12.7. The van der Waals surface area contributed by atoms with Crippen molar-refractivity contribution in [1.29, 1.82) is 0 Å². The van der Waals surface area contributed by atoms with Crippen LogP contribution < -0.4 is 16.2 Å². The van der Waals surface area contributed by atoms with Gasteiger partial charge in [-0.3, -0.25) is 4.79 Å². The highest BCUT2D eigenvalue weighted by Gasteiger charge is 2.51. The fourth-order valence-corrected chi connectivity index (χ4v) is 5.78. The Morgan fingerprint density at radius 2 is 1.71 bits per heavy atom. The molecule has 166 valence electrons. The second-order valence-corrected chi connectivity index (χ2v) is 9.82. The molecule has 0 aromatic heterocycles. The predicted octanol–water partition coefficient (Wildman–Crippen LogP) is 4.60. The van der Waals surface area contributed by atoms with Crippen molar-refractivity contribution in [3.63, 3.8) is 0 Å². The number of phenols is 1. The lowest BCUT2D eigenvalue weighted by Crippen LogP contribution is -2.56. The largest absolute Gasteiger partial charge is 0.507 e.